The molecule has 18 nitrogen and oxygen atoms in total. The lowest BCUT2D eigenvalue weighted by atomic mass is 9.89. The van der Waals surface area contributed by atoms with Crippen LogP contribution in [0.3, 0.4) is 0 Å². The van der Waals surface area contributed by atoms with Crippen LogP contribution >= 0.6 is 0 Å². The monoisotopic (exact) mass is 1050 g/mol. The summed E-state index contributed by atoms with van der Waals surface area (Å²) in [7, 11) is 6.83. The Hall–Kier alpha value is -5.98. The molecule has 0 unspecified atom stereocenters. The molecule has 2 saturated heterocycles. The highest BCUT2D eigenvalue weighted by Crippen LogP contribution is 2.41. The zero-order chi connectivity index (χ0) is 55.2. The number of amides is 8. The van der Waals surface area contributed by atoms with E-state index in [0.717, 1.165) is 30.4 Å². The number of likely N-dealkylation sites (tertiary alicyclic amines) is 2. The molecule has 3 fully saturated rings. The quantitative estimate of drug-likeness (QED) is 0.0658. The van der Waals surface area contributed by atoms with E-state index in [4.69, 9.17) is 9.47 Å². The first kappa shape index (κ1) is 59.3. The van der Waals surface area contributed by atoms with Gasteiger partial charge >= 0.3 is 0 Å². The Labute approximate surface area is 449 Å². The molecule has 18 heteroatoms. The maximum Gasteiger partial charge on any atom is 0.253 e. The summed E-state index contributed by atoms with van der Waals surface area (Å²) in [5, 5.41) is 12.0. The van der Waals surface area contributed by atoms with Gasteiger partial charge in [-0.1, -0.05) is 89.9 Å². The summed E-state index contributed by atoms with van der Waals surface area (Å²) < 4.78 is 12.2. The van der Waals surface area contributed by atoms with Gasteiger partial charge in [-0.2, -0.15) is 0 Å². The van der Waals surface area contributed by atoms with Gasteiger partial charge in [0.25, 0.3) is 11.8 Å². The topological polar surface area (TPSA) is 216 Å². The molecule has 1 saturated carbocycles. The van der Waals surface area contributed by atoms with Crippen LogP contribution in [0.25, 0.3) is 0 Å². The van der Waals surface area contributed by atoms with Crippen LogP contribution in [-0.4, -0.2) is 157 Å². The number of ether oxygens (including phenoxy) is 2. The number of imide groups is 1. The number of methoxy groups -OCH3 is 2. The molecule has 2 aromatic rings. The Bertz CT molecular complexity index is 2340. The number of anilines is 1. The zero-order valence-corrected chi connectivity index (χ0v) is 46.3. The van der Waals surface area contributed by atoms with Crippen molar-refractivity contribution < 1.29 is 47.8 Å². The van der Waals surface area contributed by atoms with E-state index in [1.165, 1.54) is 24.2 Å². The number of hydrogen-bond donors (Lipinski definition) is 4. The number of benzene rings is 2. The second kappa shape index (κ2) is 27.9. The van der Waals surface area contributed by atoms with Gasteiger partial charge in [-0.3, -0.25) is 48.2 Å². The third kappa shape index (κ3) is 14.9. The smallest absolute Gasteiger partial charge is 0.253 e. The Balaban J connectivity index is 1.05. The third-order valence-corrected chi connectivity index (χ3v) is 16.5. The predicted molar refractivity (Wildman–Crippen MR) is 289 cm³/mol. The van der Waals surface area contributed by atoms with Gasteiger partial charge in [0.15, 0.2) is 0 Å². The van der Waals surface area contributed by atoms with Gasteiger partial charge < -0.3 is 40.5 Å². The molecule has 11 atom stereocenters. The molecule has 0 aromatic heterocycles. The van der Waals surface area contributed by atoms with Crippen molar-refractivity contribution in [3.8, 4) is 0 Å². The fraction of sp³-hybridized carbons (Fsp3) is 0.621. The van der Waals surface area contributed by atoms with Crippen LogP contribution in [0.2, 0.25) is 0 Å². The molecule has 416 valence electrons. The van der Waals surface area contributed by atoms with Crippen LogP contribution in [0, 0.1) is 23.7 Å². The molecule has 4 aliphatic rings. The highest BCUT2D eigenvalue weighted by atomic mass is 16.5. The van der Waals surface area contributed by atoms with Crippen molar-refractivity contribution in [1.29, 1.82) is 0 Å². The van der Waals surface area contributed by atoms with Crippen LogP contribution in [0.15, 0.2) is 66.7 Å². The molecule has 8 amide bonds. The molecule has 2 aromatic carbocycles. The van der Waals surface area contributed by atoms with Gasteiger partial charge in [-0.05, 0) is 93.0 Å². The molecule has 3 heterocycles. The summed E-state index contributed by atoms with van der Waals surface area (Å²) in [6.45, 7) is 10.8. The first-order chi connectivity index (χ1) is 36.4. The number of piperidine rings is 1. The number of carbonyl (C=O) groups is 8. The van der Waals surface area contributed by atoms with E-state index in [0.29, 0.717) is 69.8 Å². The lowest BCUT2D eigenvalue weighted by Gasteiger charge is -2.41. The Morgan fingerprint density at radius 2 is 1.51 bits per heavy atom. The second-order valence-corrected chi connectivity index (χ2v) is 21.8. The van der Waals surface area contributed by atoms with Gasteiger partial charge in [-0.25, -0.2) is 0 Å². The van der Waals surface area contributed by atoms with Crippen molar-refractivity contribution in [3.05, 3.63) is 77.9 Å². The first-order valence-corrected chi connectivity index (χ1v) is 27.6. The zero-order valence-electron chi connectivity index (χ0n) is 46.3. The maximum absolute atomic E-state index is 14.5. The number of rotatable bonds is 28. The van der Waals surface area contributed by atoms with Crippen LogP contribution in [0.1, 0.15) is 116 Å². The van der Waals surface area contributed by atoms with Crippen LogP contribution in [-0.2, 0) is 60.8 Å². The lowest BCUT2D eigenvalue weighted by molar-refractivity contribution is -0.148. The molecule has 0 radical (unpaired) electrons. The van der Waals surface area contributed by atoms with Gasteiger partial charge in [0.2, 0.25) is 35.4 Å². The van der Waals surface area contributed by atoms with Crippen molar-refractivity contribution in [1.82, 2.24) is 35.6 Å². The van der Waals surface area contributed by atoms with Crippen molar-refractivity contribution in [3.63, 3.8) is 0 Å². The largest absolute Gasteiger partial charge is 0.379 e. The molecular weight excluding hydrogens is 969 g/mol. The molecule has 6 rings (SSSR count). The average molecular weight is 1050 g/mol. The summed E-state index contributed by atoms with van der Waals surface area (Å²) >= 11 is 0. The third-order valence-electron chi connectivity index (χ3n) is 16.5. The normalized spacial score (nSPS) is 22.0. The minimum atomic E-state index is -0.967. The van der Waals surface area contributed by atoms with E-state index >= 15 is 0 Å². The van der Waals surface area contributed by atoms with Crippen molar-refractivity contribution in [2.45, 2.75) is 167 Å². The SMILES string of the molecule is CC[C@H](C)[C@@H]([C@@H](CC(=O)N1CCC[C@H]1[C@H](OC)[C@@H](C)C(=O)N[C@@H](Cc1ccccc1)C(=O)Nc1ccc(CNC(=O)CCCCCN2C(=O)C=CC2=O)cc1)OC)N(C)C(=O)[C@@H](NC(=O)[C@@H]1[C@H]2CC[C@H](C2)N1C)C(C)C. The number of hydrogen-bond acceptors (Lipinski definition) is 11. The summed E-state index contributed by atoms with van der Waals surface area (Å²) in [6, 6.07) is 14.0. The predicted octanol–water partition coefficient (Wildman–Crippen LogP) is 5.00. The summed E-state index contributed by atoms with van der Waals surface area (Å²) in [5.41, 5.74) is 2.17. The number of nitrogens with zero attached hydrogens (tertiary/aromatic N) is 4. The van der Waals surface area contributed by atoms with Crippen LogP contribution < -0.4 is 21.3 Å². The maximum atomic E-state index is 14.5. The van der Waals surface area contributed by atoms with Gasteiger partial charge in [0.05, 0.1) is 42.7 Å². The van der Waals surface area contributed by atoms with Crippen LogP contribution in [0.4, 0.5) is 5.69 Å². The van der Waals surface area contributed by atoms with E-state index in [1.54, 1.807) is 55.1 Å². The fourth-order valence-electron chi connectivity index (χ4n) is 11.9. The molecule has 4 N–H and O–H groups in total. The Morgan fingerprint density at radius 3 is 2.13 bits per heavy atom. The molecule has 76 heavy (non-hydrogen) atoms. The average Bonchev–Trinajstić information content (AvgIpc) is 4.23. The highest BCUT2D eigenvalue weighted by Gasteiger charge is 2.49. The number of unbranched alkanes of at least 4 members (excludes halogenated alkanes) is 2. The van der Waals surface area contributed by atoms with Gasteiger partial charge in [-0.15, -0.1) is 0 Å². The minimum Gasteiger partial charge on any atom is -0.379 e. The summed E-state index contributed by atoms with van der Waals surface area (Å²) in [5.74, 6) is -2.82. The summed E-state index contributed by atoms with van der Waals surface area (Å²) in [6.07, 6.45) is 8.69. The molecule has 0 spiro atoms. The van der Waals surface area contributed by atoms with E-state index in [2.05, 4.69) is 26.2 Å². The lowest BCUT2D eigenvalue weighted by Crippen LogP contribution is -2.60. The number of fused-ring (bicyclic) bond motifs is 2. The van der Waals surface area contributed by atoms with E-state index < -0.39 is 54.1 Å². The molecule has 2 bridgehead atoms. The van der Waals surface area contributed by atoms with Crippen molar-refractivity contribution in [2.75, 3.05) is 46.7 Å². The van der Waals surface area contributed by atoms with Gasteiger partial charge in [0, 0.05) is 77.6 Å². The van der Waals surface area contributed by atoms with E-state index in [9.17, 15) is 38.4 Å². The number of carbonyl (C=O) groups excluding carboxylic acids is 8. The minimum absolute atomic E-state index is 0.0189. The Morgan fingerprint density at radius 1 is 0.816 bits per heavy atom. The van der Waals surface area contributed by atoms with Crippen molar-refractivity contribution >= 4 is 52.9 Å². The first-order valence-electron chi connectivity index (χ1n) is 27.6. The van der Waals surface area contributed by atoms with E-state index in [-0.39, 0.29) is 78.6 Å². The van der Waals surface area contributed by atoms with E-state index in [1.807, 2.05) is 65.1 Å². The fourth-order valence-corrected chi connectivity index (χ4v) is 11.9. The van der Waals surface area contributed by atoms with Gasteiger partial charge in [0.1, 0.15) is 12.1 Å². The second-order valence-electron chi connectivity index (χ2n) is 21.8. The van der Waals surface area contributed by atoms with Crippen LogP contribution in [0.5, 0.6) is 0 Å². The van der Waals surface area contributed by atoms with Crippen molar-refractivity contribution in [2.24, 2.45) is 23.7 Å². The number of likely N-dealkylation sites (N-methyl/N-ethyl adjacent to an activating group) is 2. The molecule has 1 aliphatic carbocycles. The molecule has 3 aliphatic heterocycles. The standard InChI is InChI=1S/C58H84N8O10/c1-10-37(4)52(64(7)58(74)51(36(2)3)62-57(73)53-41-24-27-43(33-41)63(53)6)46(75-8)34-50(70)65-31-17-20-45(65)54(76-9)38(5)55(71)61-44(32-39-18-13-11-14-19-39)56(72)60-42-25-22-40(23-26-42)35-59-47(67)21-15-12-16-30-66-48(68)28-29-49(66)69/h11,13-14,18-19,22-23,25-26,28-29,36-38,41,43-46,51-54H,10,12,15-17,20-21,24,27,30-35H2,1-9H3,(H,59,67)(H,60,72)(H,61,71)(H,62,73)/t37-,38+,41-,43+,44-,45-,46+,51-,52-,53-,54+/m0/s1. The summed E-state index contributed by atoms with van der Waals surface area (Å²) in [4.78, 5) is 114. The Kier molecular flexibility index (Phi) is 21.7. The molecular formula is C58H84N8O10. The number of nitrogens with one attached hydrogen (secondary N) is 4. The highest BCUT2D eigenvalue weighted by molar-refractivity contribution is 6.12.